The molecule has 0 aromatic heterocycles. The summed E-state index contributed by atoms with van der Waals surface area (Å²) in [5, 5.41) is 20.3. The Morgan fingerprint density at radius 3 is 2.28 bits per heavy atom. The van der Waals surface area contributed by atoms with Gasteiger partial charge in [-0.1, -0.05) is 122 Å². The Balaban J connectivity index is 1.08. The number of ether oxygens (including phenoxy) is 1. The van der Waals surface area contributed by atoms with Crippen molar-refractivity contribution in [3.05, 3.63) is 142 Å². The molecular weight excluding hydrogens is 528 g/mol. The molecule has 43 heavy (non-hydrogen) atoms. The molecule has 1 aliphatic heterocycles. The van der Waals surface area contributed by atoms with Crippen molar-refractivity contribution in [2.45, 2.75) is 82.7 Å². The van der Waals surface area contributed by atoms with Crippen molar-refractivity contribution >= 4 is 0 Å². The van der Waals surface area contributed by atoms with Crippen LogP contribution < -0.4 is 4.74 Å². The quantitative estimate of drug-likeness (QED) is 0.270. The topological polar surface area (TPSA) is 49.7 Å². The van der Waals surface area contributed by atoms with E-state index in [1.165, 1.54) is 39.0 Å². The Labute approximate surface area is 257 Å². The maximum absolute atomic E-state index is 10.4. The third-order valence-electron chi connectivity index (χ3n) is 9.48. The van der Waals surface area contributed by atoms with Crippen LogP contribution in [0.25, 0.3) is 0 Å². The number of phenolic OH excluding ortho intramolecular Hbond substituents is 1. The molecule has 0 saturated carbocycles. The number of allylic oxidation sites excluding steroid dienone is 6. The summed E-state index contributed by atoms with van der Waals surface area (Å²) in [6.45, 7) is 7.46. The molecule has 3 aromatic rings. The van der Waals surface area contributed by atoms with Crippen LogP contribution in [0, 0.1) is 0 Å². The number of aliphatic hydroxyl groups is 1. The van der Waals surface area contributed by atoms with Crippen LogP contribution in [-0.4, -0.2) is 22.9 Å². The van der Waals surface area contributed by atoms with Gasteiger partial charge in [0.1, 0.15) is 11.5 Å². The first-order chi connectivity index (χ1) is 20.7. The van der Waals surface area contributed by atoms with E-state index in [9.17, 15) is 10.2 Å². The van der Waals surface area contributed by atoms with Gasteiger partial charge < -0.3 is 14.9 Å². The summed E-state index contributed by atoms with van der Waals surface area (Å²) in [6.07, 6.45) is 16.8. The maximum Gasteiger partial charge on any atom is 0.123 e. The highest BCUT2D eigenvalue weighted by Gasteiger charge is 2.36. The van der Waals surface area contributed by atoms with Gasteiger partial charge in [-0.3, -0.25) is 0 Å². The second kappa shape index (κ2) is 12.1. The van der Waals surface area contributed by atoms with Crippen LogP contribution >= 0.6 is 0 Å². The van der Waals surface area contributed by atoms with Gasteiger partial charge in [0, 0.05) is 11.0 Å². The molecular formula is C40H44O3. The van der Waals surface area contributed by atoms with E-state index in [0.717, 1.165) is 56.3 Å². The van der Waals surface area contributed by atoms with Gasteiger partial charge in [-0.05, 0) is 84.7 Å². The van der Waals surface area contributed by atoms with Crippen LogP contribution in [0.15, 0.2) is 114 Å². The molecule has 3 aliphatic rings. The summed E-state index contributed by atoms with van der Waals surface area (Å²) in [4.78, 5) is 0. The zero-order valence-electron chi connectivity index (χ0n) is 25.8. The fourth-order valence-corrected chi connectivity index (χ4v) is 7.09. The molecule has 0 fully saturated rings. The minimum Gasteiger partial charge on any atom is -0.508 e. The largest absolute Gasteiger partial charge is 0.508 e. The van der Waals surface area contributed by atoms with Crippen molar-refractivity contribution in [3.63, 3.8) is 0 Å². The molecule has 0 amide bonds. The first-order valence-electron chi connectivity index (χ1n) is 15.7. The van der Waals surface area contributed by atoms with Crippen LogP contribution in [0.3, 0.4) is 0 Å². The molecule has 3 aromatic carbocycles. The number of aliphatic hydroxyl groups excluding tert-OH is 1. The van der Waals surface area contributed by atoms with E-state index in [1.807, 2.05) is 30.4 Å². The van der Waals surface area contributed by atoms with Crippen molar-refractivity contribution in [2.24, 2.45) is 0 Å². The normalized spacial score (nSPS) is 21.5. The second-order valence-electron chi connectivity index (χ2n) is 13.7. The van der Waals surface area contributed by atoms with E-state index in [2.05, 4.69) is 81.5 Å². The van der Waals surface area contributed by atoms with Gasteiger partial charge in [-0.25, -0.2) is 0 Å². The molecule has 1 heterocycles. The number of hydrogen-bond donors (Lipinski definition) is 2. The number of fused-ring (bicyclic) bond motifs is 1. The molecule has 3 nitrogen and oxygen atoms in total. The number of phenols is 1. The highest BCUT2D eigenvalue weighted by Crippen LogP contribution is 2.42. The van der Waals surface area contributed by atoms with E-state index in [-0.39, 0.29) is 16.9 Å². The monoisotopic (exact) mass is 572 g/mol. The standard InChI is InChI=1S/C40H44O3/c1-39(2,35-9-4-5-10-37(35)42)25-30-15-11-29(12-16-30)22-33-19-20-36-38(24-33)43-27-40(36,3)26-31-17-13-28(14-18-31)21-32-7-6-8-34(41)23-32/h4-11,13-15,17-20,24,34,41-42H,12,16,21-23,25-27H2,1-3H3. The number of rotatable bonds is 9. The van der Waals surface area contributed by atoms with Gasteiger partial charge in [0.2, 0.25) is 0 Å². The first-order valence-corrected chi connectivity index (χ1v) is 15.7. The third kappa shape index (κ3) is 6.73. The van der Waals surface area contributed by atoms with E-state index < -0.39 is 0 Å². The highest BCUT2D eigenvalue weighted by atomic mass is 16.5. The molecule has 0 bridgehead atoms. The summed E-state index contributed by atoms with van der Waals surface area (Å²) in [5.74, 6) is 1.42. The lowest BCUT2D eigenvalue weighted by Gasteiger charge is -2.28. The van der Waals surface area contributed by atoms with Crippen molar-refractivity contribution in [1.29, 1.82) is 0 Å². The van der Waals surface area contributed by atoms with E-state index in [0.29, 0.717) is 12.4 Å². The van der Waals surface area contributed by atoms with E-state index in [1.54, 1.807) is 6.07 Å². The molecule has 0 spiro atoms. The molecule has 2 aliphatic carbocycles. The zero-order valence-corrected chi connectivity index (χ0v) is 25.8. The van der Waals surface area contributed by atoms with Crippen LogP contribution in [0.5, 0.6) is 11.5 Å². The summed E-state index contributed by atoms with van der Waals surface area (Å²) in [6, 6.07) is 23.5. The van der Waals surface area contributed by atoms with Gasteiger partial charge in [0.25, 0.3) is 0 Å². The SMILES string of the molecule is CC(C)(CC1=CC=C(Cc2ccc3c(c2)OCC3(C)Cc2ccc(CC3=CC=CC(O)C3)cc2)CC1)c1ccccc1O. The van der Waals surface area contributed by atoms with Crippen molar-refractivity contribution in [3.8, 4) is 11.5 Å². The number of aromatic hydroxyl groups is 1. The van der Waals surface area contributed by atoms with Crippen LogP contribution in [0.2, 0.25) is 0 Å². The van der Waals surface area contributed by atoms with Crippen molar-refractivity contribution in [1.82, 2.24) is 0 Å². The fourth-order valence-electron chi connectivity index (χ4n) is 7.09. The van der Waals surface area contributed by atoms with E-state index in [4.69, 9.17) is 4.74 Å². The summed E-state index contributed by atoms with van der Waals surface area (Å²) < 4.78 is 6.28. The van der Waals surface area contributed by atoms with Crippen molar-refractivity contribution in [2.75, 3.05) is 6.61 Å². The Morgan fingerprint density at radius 2 is 1.53 bits per heavy atom. The molecule has 3 heteroatoms. The predicted octanol–water partition coefficient (Wildman–Crippen LogP) is 8.63. The smallest absolute Gasteiger partial charge is 0.123 e. The summed E-state index contributed by atoms with van der Waals surface area (Å²) in [7, 11) is 0. The van der Waals surface area contributed by atoms with Crippen molar-refractivity contribution < 1.29 is 14.9 Å². The predicted molar refractivity (Wildman–Crippen MR) is 176 cm³/mol. The fraction of sp³-hybridized carbons (Fsp3) is 0.350. The average Bonchev–Trinajstić information content (AvgIpc) is 3.30. The van der Waals surface area contributed by atoms with Gasteiger partial charge >= 0.3 is 0 Å². The molecule has 0 radical (unpaired) electrons. The third-order valence-corrected chi connectivity index (χ3v) is 9.48. The number of benzene rings is 3. The van der Waals surface area contributed by atoms with Gasteiger partial charge in [0.15, 0.2) is 0 Å². The lowest BCUT2D eigenvalue weighted by molar-refractivity contribution is 0.221. The minimum absolute atomic E-state index is 0.0437. The minimum atomic E-state index is -0.356. The number of para-hydroxylation sites is 1. The zero-order chi connectivity index (χ0) is 30.0. The van der Waals surface area contributed by atoms with Gasteiger partial charge in [-0.15, -0.1) is 0 Å². The summed E-state index contributed by atoms with van der Waals surface area (Å²) >= 11 is 0. The summed E-state index contributed by atoms with van der Waals surface area (Å²) in [5.41, 5.74) is 10.3. The second-order valence-corrected chi connectivity index (χ2v) is 13.7. The Hall–Kier alpha value is -3.82. The lowest BCUT2D eigenvalue weighted by Crippen LogP contribution is -2.26. The highest BCUT2D eigenvalue weighted by molar-refractivity contribution is 5.48. The van der Waals surface area contributed by atoms with Gasteiger partial charge in [-0.2, -0.15) is 0 Å². The Kier molecular flexibility index (Phi) is 8.20. The Bertz CT molecular complexity index is 1600. The van der Waals surface area contributed by atoms with Crippen LogP contribution in [0.1, 0.15) is 74.3 Å². The average molecular weight is 573 g/mol. The van der Waals surface area contributed by atoms with Crippen LogP contribution in [0.4, 0.5) is 0 Å². The molecule has 2 unspecified atom stereocenters. The molecule has 6 rings (SSSR count). The lowest BCUT2D eigenvalue weighted by atomic mass is 9.76. The Morgan fingerprint density at radius 1 is 0.837 bits per heavy atom. The van der Waals surface area contributed by atoms with E-state index >= 15 is 0 Å². The molecule has 2 N–H and O–H groups in total. The number of hydrogen-bond acceptors (Lipinski definition) is 3. The molecule has 0 saturated heterocycles. The first kappa shape index (κ1) is 29.3. The van der Waals surface area contributed by atoms with Crippen LogP contribution in [-0.2, 0) is 30.1 Å². The molecule has 2 atom stereocenters. The molecule has 222 valence electrons. The van der Waals surface area contributed by atoms with Gasteiger partial charge in [0.05, 0.1) is 12.7 Å². The maximum atomic E-state index is 10.4.